The number of amides is 1. The van der Waals surface area contributed by atoms with Crippen LogP contribution in [0.25, 0.3) is 10.7 Å². The summed E-state index contributed by atoms with van der Waals surface area (Å²) in [6, 6.07) is 10.1. The van der Waals surface area contributed by atoms with E-state index in [1.807, 2.05) is 56.5 Å². The zero-order chi connectivity index (χ0) is 21.1. The second-order valence-corrected chi connectivity index (χ2v) is 9.80. The molecule has 158 valence electrons. The molecule has 0 spiro atoms. The van der Waals surface area contributed by atoms with Crippen molar-refractivity contribution < 1.29 is 9.53 Å². The van der Waals surface area contributed by atoms with E-state index >= 15 is 0 Å². The molecule has 1 fully saturated rings. The van der Waals surface area contributed by atoms with Gasteiger partial charge in [0.2, 0.25) is 5.91 Å². The highest BCUT2D eigenvalue weighted by atomic mass is 32.2. The number of thioether (sulfide) groups is 1. The minimum absolute atomic E-state index is 0.0401. The standard InChI is InChI=1S/C22H26N4O2S2/c1-14-7-4-8-15(2)19(14)23-21(27)16(3)30-22-25-24-20(18-10-6-12-29-18)26(22)13-17-9-5-11-28-17/h4,6-8,10,12,16-17H,5,9,11,13H2,1-3H3,(H,23,27). The van der Waals surface area contributed by atoms with Crippen LogP contribution in [-0.2, 0) is 16.1 Å². The summed E-state index contributed by atoms with van der Waals surface area (Å²) < 4.78 is 7.96. The summed E-state index contributed by atoms with van der Waals surface area (Å²) >= 11 is 3.08. The molecule has 1 amide bonds. The van der Waals surface area contributed by atoms with Crippen LogP contribution in [0, 0.1) is 13.8 Å². The van der Waals surface area contributed by atoms with Crippen LogP contribution in [0.4, 0.5) is 5.69 Å². The van der Waals surface area contributed by atoms with Crippen molar-refractivity contribution in [2.75, 3.05) is 11.9 Å². The predicted molar refractivity (Wildman–Crippen MR) is 122 cm³/mol. The van der Waals surface area contributed by atoms with Crippen LogP contribution in [0.2, 0.25) is 0 Å². The first-order valence-corrected chi connectivity index (χ1v) is 11.9. The molecule has 2 unspecified atom stereocenters. The Labute approximate surface area is 185 Å². The lowest BCUT2D eigenvalue weighted by atomic mass is 10.1. The molecule has 0 radical (unpaired) electrons. The van der Waals surface area contributed by atoms with Gasteiger partial charge in [-0.3, -0.25) is 9.36 Å². The quantitative estimate of drug-likeness (QED) is 0.526. The number of ether oxygens (including phenoxy) is 1. The Bertz CT molecular complexity index is 990. The predicted octanol–water partition coefficient (Wildman–Crippen LogP) is 4.92. The summed E-state index contributed by atoms with van der Waals surface area (Å²) in [6.07, 6.45) is 2.28. The number of hydrogen-bond donors (Lipinski definition) is 1. The lowest BCUT2D eigenvalue weighted by Gasteiger charge is -2.17. The average Bonchev–Trinajstić information content (AvgIpc) is 3.48. The van der Waals surface area contributed by atoms with Gasteiger partial charge in [0.25, 0.3) is 0 Å². The fourth-order valence-corrected chi connectivity index (χ4v) is 5.14. The van der Waals surface area contributed by atoms with E-state index in [9.17, 15) is 4.79 Å². The van der Waals surface area contributed by atoms with E-state index in [1.165, 1.54) is 11.8 Å². The van der Waals surface area contributed by atoms with Gasteiger partial charge < -0.3 is 10.1 Å². The van der Waals surface area contributed by atoms with Crippen molar-refractivity contribution >= 4 is 34.7 Å². The Hall–Kier alpha value is -2.16. The molecule has 1 aromatic carbocycles. The van der Waals surface area contributed by atoms with Gasteiger partial charge in [-0.2, -0.15) is 0 Å². The Balaban J connectivity index is 1.53. The molecule has 4 rings (SSSR count). The molecule has 3 heterocycles. The maximum Gasteiger partial charge on any atom is 0.237 e. The van der Waals surface area contributed by atoms with Crippen LogP contribution in [0.3, 0.4) is 0 Å². The summed E-state index contributed by atoms with van der Waals surface area (Å²) in [5.74, 6) is 0.798. The van der Waals surface area contributed by atoms with Crippen LogP contribution in [0.15, 0.2) is 40.9 Å². The first-order chi connectivity index (χ1) is 14.5. The third-order valence-electron chi connectivity index (χ3n) is 5.25. The molecule has 0 saturated carbocycles. The molecule has 1 aliphatic heterocycles. The maximum absolute atomic E-state index is 12.9. The molecule has 0 aliphatic carbocycles. The van der Waals surface area contributed by atoms with E-state index in [1.54, 1.807) is 11.3 Å². The highest BCUT2D eigenvalue weighted by Crippen LogP contribution is 2.31. The summed E-state index contributed by atoms with van der Waals surface area (Å²) in [5, 5.41) is 14.4. The second-order valence-electron chi connectivity index (χ2n) is 7.55. The number of thiophene rings is 1. The molecule has 2 aromatic heterocycles. The van der Waals surface area contributed by atoms with Crippen molar-refractivity contribution in [2.45, 2.75) is 56.7 Å². The number of anilines is 1. The largest absolute Gasteiger partial charge is 0.376 e. The zero-order valence-corrected chi connectivity index (χ0v) is 19.1. The number of hydrogen-bond acceptors (Lipinski definition) is 6. The number of rotatable bonds is 7. The molecule has 0 bridgehead atoms. The van der Waals surface area contributed by atoms with E-state index in [4.69, 9.17) is 4.74 Å². The first-order valence-electron chi connectivity index (χ1n) is 10.2. The zero-order valence-electron chi connectivity index (χ0n) is 17.4. The Kier molecular flexibility index (Phi) is 6.55. The molecule has 2 atom stereocenters. The fraction of sp³-hybridized carbons (Fsp3) is 0.409. The van der Waals surface area contributed by atoms with Crippen LogP contribution in [0.1, 0.15) is 30.9 Å². The van der Waals surface area contributed by atoms with Gasteiger partial charge in [-0.15, -0.1) is 21.5 Å². The van der Waals surface area contributed by atoms with Crippen molar-refractivity contribution in [3.05, 3.63) is 46.8 Å². The van der Waals surface area contributed by atoms with Gasteiger partial charge in [-0.1, -0.05) is 36.0 Å². The summed E-state index contributed by atoms with van der Waals surface area (Å²) in [4.78, 5) is 14.0. The van der Waals surface area contributed by atoms with Crippen LogP contribution in [-0.4, -0.2) is 38.6 Å². The Morgan fingerprint density at radius 1 is 1.30 bits per heavy atom. The summed E-state index contributed by atoms with van der Waals surface area (Å²) in [5.41, 5.74) is 3.00. The number of para-hydroxylation sites is 1. The number of carbonyl (C=O) groups excluding carboxylic acids is 1. The first kappa shape index (κ1) is 21.1. The lowest BCUT2D eigenvalue weighted by Crippen LogP contribution is -2.24. The molecule has 8 heteroatoms. The monoisotopic (exact) mass is 442 g/mol. The molecule has 6 nitrogen and oxygen atoms in total. The third kappa shape index (κ3) is 4.61. The molecule has 30 heavy (non-hydrogen) atoms. The van der Waals surface area contributed by atoms with Crippen molar-refractivity contribution in [2.24, 2.45) is 0 Å². The van der Waals surface area contributed by atoms with E-state index in [0.29, 0.717) is 6.54 Å². The molecule has 1 N–H and O–H groups in total. The number of nitrogens with one attached hydrogen (secondary N) is 1. The van der Waals surface area contributed by atoms with Gasteiger partial charge in [-0.25, -0.2) is 0 Å². The van der Waals surface area contributed by atoms with Crippen LogP contribution >= 0.6 is 23.1 Å². The highest BCUT2D eigenvalue weighted by molar-refractivity contribution is 8.00. The van der Waals surface area contributed by atoms with Gasteiger partial charge in [0, 0.05) is 12.3 Å². The molecular formula is C22H26N4O2S2. The lowest BCUT2D eigenvalue weighted by molar-refractivity contribution is -0.115. The Morgan fingerprint density at radius 2 is 2.10 bits per heavy atom. The second kappa shape index (κ2) is 9.32. The average molecular weight is 443 g/mol. The number of aryl methyl sites for hydroxylation is 2. The number of benzene rings is 1. The molecule has 1 aliphatic rings. The van der Waals surface area contributed by atoms with Crippen molar-refractivity contribution in [1.29, 1.82) is 0 Å². The normalized spacial score (nSPS) is 17.2. The van der Waals surface area contributed by atoms with Gasteiger partial charge >= 0.3 is 0 Å². The van der Waals surface area contributed by atoms with E-state index in [2.05, 4.69) is 20.1 Å². The van der Waals surface area contributed by atoms with Gasteiger partial charge in [0.1, 0.15) is 0 Å². The Morgan fingerprint density at radius 3 is 2.77 bits per heavy atom. The molecular weight excluding hydrogens is 416 g/mol. The van der Waals surface area contributed by atoms with Crippen molar-refractivity contribution in [1.82, 2.24) is 14.8 Å². The van der Waals surface area contributed by atoms with Gasteiger partial charge in [0.05, 0.1) is 22.8 Å². The van der Waals surface area contributed by atoms with E-state index in [-0.39, 0.29) is 17.3 Å². The molecule has 1 saturated heterocycles. The minimum atomic E-state index is -0.312. The molecule has 3 aromatic rings. The topological polar surface area (TPSA) is 69.0 Å². The third-order valence-corrected chi connectivity index (χ3v) is 7.20. The summed E-state index contributed by atoms with van der Waals surface area (Å²) in [6.45, 7) is 7.42. The minimum Gasteiger partial charge on any atom is -0.376 e. The highest BCUT2D eigenvalue weighted by Gasteiger charge is 2.25. The summed E-state index contributed by atoms with van der Waals surface area (Å²) in [7, 11) is 0. The SMILES string of the molecule is Cc1cccc(C)c1NC(=O)C(C)Sc1nnc(-c2cccs2)n1CC1CCCO1. The van der Waals surface area contributed by atoms with Crippen LogP contribution in [0.5, 0.6) is 0 Å². The van der Waals surface area contributed by atoms with Gasteiger partial charge in [0.15, 0.2) is 11.0 Å². The number of carbonyl (C=O) groups is 1. The van der Waals surface area contributed by atoms with Gasteiger partial charge in [-0.05, 0) is 56.2 Å². The smallest absolute Gasteiger partial charge is 0.237 e. The van der Waals surface area contributed by atoms with Crippen LogP contribution < -0.4 is 5.32 Å². The van der Waals surface area contributed by atoms with E-state index in [0.717, 1.165) is 52.1 Å². The van der Waals surface area contributed by atoms with Crippen molar-refractivity contribution in [3.8, 4) is 10.7 Å². The number of nitrogens with zero attached hydrogens (tertiary/aromatic N) is 3. The van der Waals surface area contributed by atoms with Crippen molar-refractivity contribution in [3.63, 3.8) is 0 Å². The number of aromatic nitrogens is 3. The van der Waals surface area contributed by atoms with E-state index < -0.39 is 0 Å². The fourth-order valence-electron chi connectivity index (χ4n) is 3.57. The maximum atomic E-state index is 12.9.